The Bertz CT molecular complexity index is 227. The van der Waals surface area contributed by atoms with Crippen molar-refractivity contribution in [2.45, 2.75) is 45.6 Å². The number of carbonyl (C=O) groups excluding carboxylic acids is 1. The molecule has 0 saturated heterocycles. The number of hydrogen-bond donors (Lipinski definition) is 2. The van der Waals surface area contributed by atoms with Crippen LogP contribution in [0.1, 0.15) is 39.5 Å². The summed E-state index contributed by atoms with van der Waals surface area (Å²) in [5.41, 5.74) is 5.66. The van der Waals surface area contributed by atoms with Crippen LogP contribution in [0.4, 0.5) is 0 Å². The first-order chi connectivity index (χ1) is 8.17. The highest BCUT2D eigenvalue weighted by Crippen LogP contribution is 2.28. The average Bonchev–Trinajstić information content (AvgIpc) is 2.36. The summed E-state index contributed by atoms with van der Waals surface area (Å²) >= 11 is 1.88. The summed E-state index contributed by atoms with van der Waals surface area (Å²) in [5.74, 6) is 3.26. The van der Waals surface area contributed by atoms with E-state index in [9.17, 15) is 4.79 Å². The van der Waals surface area contributed by atoms with Crippen LogP contribution in [0.2, 0.25) is 0 Å². The lowest BCUT2D eigenvalue weighted by atomic mass is 9.81. The van der Waals surface area contributed by atoms with Gasteiger partial charge in [-0.2, -0.15) is 11.8 Å². The predicted octanol–water partition coefficient (Wildman–Crippen LogP) is 2.01. The largest absolute Gasteiger partial charge is 0.353 e. The quantitative estimate of drug-likeness (QED) is 0.766. The second kappa shape index (κ2) is 7.98. The highest BCUT2D eigenvalue weighted by atomic mass is 32.2. The molecule has 1 amide bonds. The second-order valence-corrected chi connectivity index (χ2v) is 6.34. The number of hydrogen-bond acceptors (Lipinski definition) is 3. The molecule has 0 aromatic carbocycles. The van der Waals surface area contributed by atoms with Crippen LogP contribution in [-0.2, 0) is 4.79 Å². The van der Waals surface area contributed by atoms with E-state index in [4.69, 9.17) is 5.73 Å². The minimum absolute atomic E-state index is 0.229. The monoisotopic (exact) mass is 258 g/mol. The van der Waals surface area contributed by atoms with Gasteiger partial charge in [0, 0.05) is 17.7 Å². The molecule has 1 atom stereocenters. The summed E-state index contributed by atoms with van der Waals surface area (Å²) in [6, 6.07) is 0.291. The van der Waals surface area contributed by atoms with Crippen molar-refractivity contribution < 1.29 is 4.79 Å². The van der Waals surface area contributed by atoms with Crippen LogP contribution in [0.15, 0.2) is 0 Å². The van der Waals surface area contributed by atoms with E-state index >= 15 is 0 Å². The van der Waals surface area contributed by atoms with E-state index < -0.39 is 0 Å². The van der Waals surface area contributed by atoms with Gasteiger partial charge in [0.15, 0.2) is 0 Å². The Morgan fingerprint density at radius 1 is 1.41 bits per heavy atom. The zero-order valence-corrected chi connectivity index (χ0v) is 11.9. The van der Waals surface area contributed by atoms with E-state index in [0.29, 0.717) is 12.0 Å². The summed E-state index contributed by atoms with van der Waals surface area (Å²) in [5, 5.41) is 3.13. The van der Waals surface area contributed by atoms with E-state index in [1.165, 1.54) is 0 Å². The van der Waals surface area contributed by atoms with Crippen LogP contribution in [-0.4, -0.2) is 30.0 Å². The molecule has 0 bridgehead atoms. The van der Waals surface area contributed by atoms with E-state index in [-0.39, 0.29) is 11.8 Å². The Balaban J connectivity index is 2.24. The number of thioether (sulfide) groups is 1. The number of nitrogens with two attached hydrogens (primary N) is 1. The molecule has 0 aromatic heterocycles. The number of amides is 1. The highest BCUT2D eigenvalue weighted by Gasteiger charge is 2.26. The van der Waals surface area contributed by atoms with Gasteiger partial charge in [0.1, 0.15) is 0 Å². The number of rotatable bonds is 6. The first-order valence-electron chi connectivity index (χ1n) is 6.75. The van der Waals surface area contributed by atoms with Crippen molar-refractivity contribution in [3.05, 3.63) is 0 Å². The average molecular weight is 258 g/mol. The molecular weight excluding hydrogens is 232 g/mol. The Kier molecular flexibility index (Phi) is 6.97. The van der Waals surface area contributed by atoms with E-state index in [0.717, 1.165) is 43.7 Å². The molecule has 4 heteroatoms. The lowest BCUT2D eigenvalue weighted by molar-refractivity contribution is -0.126. The SMILES string of the molecule is CCSCC(C)NC(=O)C1CCC(CN)CC1. The molecule has 0 spiro atoms. The summed E-state index contributed by atoms with van der Waals surface area (Å²) in [6.45, 7) is 5.01. The number of carbonyl (C=O) groups is 1. The molecule has 0 aliphatic heterocycles. The molecule has 1 fully saturated rings. The van der Waals surface area contributed by atoms with Crippen molar-refractivity contribution >= 4 is 17.7 Å². The Morgan fingerprint density at radius 3 is 2.59 bits per heavy atom. The van der Waals surface area contributed by atoms with Gasteiger partial charge in [0.05, 0.1) is 0 Å². The topological polar surface area (TPSA) is 55.1 Å². The molecule has 0 heterocycles. The van der Waals surface area contributed by atoms with E-state index in [1.807, 2.05) is 11.8 Å². The molecule has 1 rings (SSSR count). The lowest BCUT2D eigenvalue weighted by Gasteiger charge is -2.27. The summed E-state index contributed by atoms with van der Waals surface area (Å²) in [6.07, 6.45) is 4.27. The normalized spacial score (nSPS) is 26.5. The van der Waals surface area contributed by atoms with Gasteiger partial charge in [-0.25, -0.2) is 0 Å². The Hall–Kier alpha value is -0.220. The van der Waals surface area contributed by atoms with Gasteiger partial charge >= 0.3 is 0 Å². The van der Waals surface area contributed by atoms with E-state index in [2.05, 4.69) is 19.2 Å². The lowest BCUT2D eigenvalue weighted by Crippen LogP contribution is -2.40. The summed E-state index contributed by atoms with van der Waals surface area (Å²) in [4.78, 5) is 12.0. The van der Waals surface area contributed by atoms with Crippen molar-refractivity contribution in [2.24, 2.45) is 17.6 Å². The third-order valence-electron chi connectivity index (χ3n) is 3.51. The molecule has 1 aliphatic carbocycles. The van der Waals surface area contributed by atoms with Gasteiger partial charge in [-0.05, 0) is 50.8 Å². The van der Waals surface area contributed by atoms with Crippen LogP contribution < -0.4 is 11.1 Å². The molecule has 1 aliphatic rings. The molecule has 17 heavy (non-hydrogen) atoms. The van der Waals surface area contributed by atoms with E-state index in [1.54, 1.807) is 0 Å². The molecular formula is C13H26N2OS. The minimum Gasteiger partial charge on any atom is -0.353 e. The standard InChI is InChI=1S/C13H26N2OS/c1-3-17-9-10(2)15-13(16)12-6-4-11(8-14)5-7-12/h10-12H,3-9,14H2,1-2H3,(H,15,16). The molecule has 0 aromatic rings. The van der Waals surface area contributed by atoms with Crippen molar-refractivity contribution in [3.8, 4) is 0 Å². The van der Waals surface area contributed by atoms with Gasteiger partial charge < -0.3 is 11.1 Å². The van der Waals surface area contributed by atoms with Gasteiger partial charge in [-0.1, -0.05) is 6.92 Å². The highest BCUT2D eigenvalue weighted by molar-refractivity contribution is 7.99. The molecule has 3 nitrogen and oxygen atoms in total. The Labute approximate surface area is 109 Å². The van der Waals surface area contributed by atoms with Crippen LogP contribution in [0, 0.1) is 11.8 Å². The van der Waals surface area contributed by atoms with Crippen molar-refractivity contribution in [3.63, 3.8) is 0 Å². The third-order valence-corrected chi connectivity index (χ3v) is 4.66. The van der Waals surface area contributed by atoms with Gasteiger partial charge in [-0.3, -0.25) is 4.79 Å². The summed E-state index contributed by atoms with van der Waals surface area (Å²) in [7, 11) is 0. The van der Waals surface area contributed by atoms with Gasteiger partial charge in [-0.15, -0.1) is 0 Å². The van der Waals surface area contributed by atoms with Crippen LogP contribution in [0.5, 0.6) is 0 Å². The fraction of sp³-hybridized carbons (Fsp3) is 0.923. The molecule has 100 valence electrons. The minimum atomic E-state index is 0.229. The molecule has 1 unspecified atom stereocenters. The summed E-state index contributed by atoms with van der Waals surface area (Å²) < 4.78 is 0. The maximum absolute atomic E-state index is 12.0. The maximum atomic E-state index is 12.0. The zero-order valence-electron chi connectivity index (χ0n) is 11.1. The first-order valence-corrected chi connectivity index (χ1v) is 7.91. The van der Waals surface area contributed by atoms with Crippen LogP contribution in [0.25, 0.3) is 0 Å². The Morgan fingerprint density at radius 2 is 2.06 bits per heavy atom. The molecule has 3 N–H and O–H groups in total. The number of nitrogens with one attached hydrogen (secondary N) is 1. The maximum Gasteiger partial charge on any atom is 0.223 e. The van der Waals surface area contributed by atoms with Crippen molar-refractivity contribution in [2.75, 3.05) is 18.1 Å². The smallest absolute Gasteiger partial charge is 0.223 e. The molecule has 1 saturated carbocycles. The zero-order chi connectivity index (χ0) is 12.7. The fourth-order valence-corrected chi connectivity index (χ4v) is 3.03. The van der Waals surface area contributed by atoms with Crippen molar-refractivity contribution in [1.29, 1.82) is 0 Å². The van der Waals surface area contributed by atoms with Gasteiger partial charge in [0.2, 0.25) is 5.91 Å². The first kappa shape index (κ1) is 14.8. The van der Waals surface area contributed by atoms with Gasteiger partial charge in [0.25, 0.3) is 0 Å². The third kappa shape index (κ3) is 5.30. The van der Waals surface area contributed by atoms with Crippen LogP contribution >= 0.6 is 11.8 Å². The second-order valence-electron chi connectivity index (χ2n) is 5.02. The molecule has 0 radical (unpaired) electrons. The van der Waals surface area contributed by atoms with Crippen LogP contribution in [0.3, 0.4) is 0 Å². The van der Waals surface area contributed by atoms with Crippen molar-refractivity contribution in [1.82, 2.24) is 5.32 Å². The predicted molar refractivity (Wildman–Crippen MR) is 75.1 cm³/mol. The fourth-order valence-electron chi connectivity index (χ4n) is 2.36.